The van der Waals surface area contributed by atoms with Crippen LogP contribution in [-0.4, -0.2) is 54.6 Å². The molecule has 9 rings (SSSR count). The van der Waals surface area contributed by atoms with E-state index in [1.807, 2.05) is 24.3 Å². The van der Waals surface area contributed by atoms with Crippen LogP contribution in [0, 0.1) is 30.3 Å². The predicted molar refractivity (Wildman–Crippen MR) is 176 cm³/mol. The molecule has 0 unspecified atom stereocenters. The number of nitrogens with zero attached hydrogens (tertiary/aromatic N) is 9. The van der Waals surface area contributed by atoms with Crippen molar-refractivity contribution >= 4 is 61.2 Å². The van der Waals surface area contributed by atoms with Crippen molar-refractivity contribution in [3.63, 3.8) is 0 Å². The second kappa shape index (κ2) is 11.1. The van der Waals surface area contributed by atoms with Gasteiger partial charge in [-0.15, -0.1) is 0 Å². The van der Waals surface area contributed by atoms with Gasteiger partial charge in [0.2, 0.25) is 0 Å². The minimum atomic E-state index is -1.29. The fourth-order valence-corrected chi connectivity index (χ4v) is 6.25. The first-order chi connectivity index (χ1) is 23.8. The molecule has 2 N–H and O–H groups in total. The molecule has 7 aromatic rings. The molecule has 0 atom stereocenters. The Hall–Kier alpha value is -6.94. The van der Waals surface area contributed by atoms with E-state index in [0.29, 0.717) is 39.4 Å². The van der Waals surface area contributed by atoms with E-state index in [1.54, 1.807) is 48.5 Å². The molecule has 0 saturated heterocycles. The minimum Gasteiger partial charge on any atom is -0.324 e. The molecule has 4 aromatic carbocycles. The Labute approximate surface area is 289 Å². The Balaban J connectivity index is 0.00000361. The molecule has 0 spiro atoms. The number of aromatic nitrogens is 8. The van der Waals surface area contributed by atoms with Crippen molar-refractivity contribution in [2.24, 2.45) is 0 Å². The van der Waals surface area contributed by atoms with Crippen molar-refractivity contribution in [1.82, 2.24) is 39.9 Å². The Bertz CT molecular complexity index is 2850. The smallest absolute Gasteiger partial charge is 0.324 e. The van der Waals surface area contributed by atoms with E-state index in [9.17, 15) is 30.3 Å². The first kappa shape index (κ1) is 30.4. The average Bonchev–Trinajstić information content (AvgIpc) is 3.83. The van der Waals surface area contributed by atoms with E-state index < -0.39 is 31.8 Å². The molecular weight excluding hydrogens is 735 g/mol. The molecule has 0 amide bonds. The number of rotatable bonds is 3. The number of fused-ring (bicyclic) bond motifs is 20. The van der Waals surface area contributed by atoms with Gasteiger partial charge in [-0.05, 0) is 0 Å². The Morgan fingerprint density at radius 3 is 1.26 bits per heavy atom. The Morgan fingerprint density at radius 1 is 0.460 bits per heavy atom. The monoisotopic (exact) mass is 751 g/mol. The van der Waals surface area contributed by atoms with E-state index in [0.717, 1.165) is 16.8 Å². The molecule has 3 aromatic heterocycles. The van der Waals surface area contributed by atoms with Crippen LogP contribution in [0.5, 0.6) is 0 Å². The van der Waals surface area contributed by atoms with Crippen LogP contribution in [0.4, 0.5) is 17.1 Å². The zero-order valence-electron chi connectivity index (χ0n) is 24.8. The van der Waals surface area contributed by atoms with Crippen LogP contribution in [0.3, 0.4) is 0 Å². The largest absolute Gasteiger partial charge is 3.00 e. The fraction of sp³-hybridized carbons (Fsp3) is 0. The van der Waals surface area contributed by atoms with Crippen LogP contribution in [-0.2, 0) is 19.5 Å². The van der Waals surface area contributed by atoms with E-state index >= 15 is 0 Å². The third-order valence-corrected chi connectivity index (χ3v) is 8.33. The third kappa shape index (κ3) is 4.42. The number of H-pyrrole nitrogens is 2. The van der Waals surface area contributed by atoms with Gasteiger partial charge < -0.3 is 9.97 Å². The van der Waals surface area contributed by atoms with Gasteiger partial charge in [0.05, 0.1) is 14.8 Å². The second-order valence-corrected chi connectivity index (χ2v) is 11.0. The van der Waals surface area contributed by atoms with Gasteiger partial charge in [-0.25, -0.2) is 29.9 Å². The normalized spacial score (nSPS) is 11.5. The van der Waals surface area contributed by atoms with E-state index in [2.05, 4.69) is 24.9 Å². The van der Waals surface area contributed by atoms with Crippen molar-refractivity contribution in [2.45, 2.75) is 0 Å². The maximum atomic E-state index is 12.5. The Kier molecular flexibility index (Phi) is 6.73. The van der Waals surface area contributed by atoms with Crippen LogP contribution in [0.1, 0.15) is 0 Å². The van der Waals surface area contributed by atoms with Gasteiger partial charge in [-0.1, -0.05) is 72.8 Å². The summed E-state index contributed by atoms with van der Waals surface area (Å²) in [6.45, 7) is 0. The molecule has 2 aliphatic heterocycles. The van der Waals surface area contributed by atoms with Crippen molar-refractivity contribution < 1.29 is 34.2 Å². The number of hydrogen-bond donors (Lipinski definition) is 2. The molecule has 1 radical (unpaired) electrons. The fourth-order valence-electron chi connectivity index (χ4n) is 6.25. The van der Waals surface area contributed by atoms with Gasteiger partial charge in [-0.3, -0.25) is 30.3 Å². The zero-order chi connectivity index (χ0) is 33.6. The summed E-state index contributed by atoms with van der Waals surface area (Å²) in [7, 11) is 0. The van der Waals surface area contributed by atoms with Crippen molar-refractivity contribution in [1.29, 1.82) is 0 Å². The van der Waals surface area contributed by atoms with Gasteiger partial charge in [0, 0.05) is 44.5 Å². The minimum absolute atomic E-state index is 0. The summed E-state index contributed by atoms with van der Waals surface area (Å²) in [5, 5.41) is 37.7. The molecule has 2 aliphatic rings. The summed E-state index contributed by atoms with van der Waals surface area (Å²) in [6.07, 6.45) is 0. The maximum absolute atomic E-state index is 12.5. The molecule has 0 saturated carbocycles. The van der Waals surface area contributed by atoms with Crippen LogP contribution in [0.25, 0.3) is 89.7 Å². The first-order valence-corrected chi connectivity index (χ1v) is 14.5. The van der Waals surface area contributed by atoms with E-state index in [-0.39, 0.29) is 59.0 Å². The quantitative estimate of drug-likeness (QED) is 0.110. The summed E-state index contributed by atoms with van der Waals surface area (Å²) < 4.78 is 0. The number of aromatic amines is 2. The second-order valence-electron chi connectivity index (χ2n) is 11.0. The van der Waals surface area contributed by atoms with Crippen molar-refractivity contribution in [3.05, 3.63) is 109 Å². The number of benzene rings is 4. The summed E-state index contributed by atoms with van der Waals surface area (Å²) >= 11 is 0. The molecule has 239 valence electrons. The molecule has 18 heteroatoms. The van der Waals surface area contributed by atoms with Gasteiger partial charge in [0.25, 0.3) is 0 Å². The van der Waals surface area contributed by atoms with Gasteiger partial charge in [-0.2, -0.15) is 0 Å². The van der Waals surface area contributed by atoms with E-state index in [1.165, 1.54) is 0 Å². The topological polar surface area (TPSA) is 238 Å². The van der Waals surface area contributed by atoms with Crippen LogP contribution in [0.2, 0.25) is 0 Å². The molecule has 17 nitrogen and oxygen atoms in total. The molecule has 50 heavy (non-hydrogen) atoms. The number of nitro groups is 3. The van der Waals surface area contributed by atoms with Gasteiger partial charge in [0.1, 0.15) is 28.0 Å². The number of hydrogen-bond acceptors (Lipinski definition) is 12. The standard InChI is InChI=1S/C32H15N11O6.Ru/c44-41(45)21-13-20-22(24(43(48)49)23(21)42(46)47)32-39-30-19-12-6-5-11-18(19)28(37-30)35-26-15-8-2-1-7-14(15)25(33-26)34-27-16-9-3-4-10-17(16)29(36-27)38-31(20)40-32;/h1-13H,(H2,33,34,35,36,37,38,39,40);/q;+3. The number of nitro benzene ring substituents is 3. The summed E-state index contributed by atoms with van der Waals surface area (Å²) in [6, 6.07) is 22.6. The van der Waals surface area contributed by atoms with Gasteiger partial charge in [0.15, 0.2) is 23.3 Å². The third-order valence-electron chi connectivity index (χ3n) is 8.33. The summed E-state index contributed by atoms with van der Waals surface area (Å²) in [5.74, 6) is 0.801. The van der Waals surface area contributed by atoms with Crippen molar-refractivity contribution in [2.75, 3.05) is 0 Å². The Morgan fingerprint density at radius 2 is 0.840 bits per heavy atom. The van der Waals surface area contributed by atoms with Crippen LogP contribution >= 0.6 is 0 Å². The average molecular weight is 751 g/mol. The molecule has 5 heterocycles. The predicted octanol–water partition coefficient (Wildman–Crippen LogP) is 6.59. The van der Waals surface area contributed by atoms with Crippen LogP contribution in [0.15, 0.2) is 78.9 Å². The molecule has 8 bridgehead atoms. The summed E-state index contributed by atoms with van der Waals surface area (Å²) in [5.41, 5.74) is -0.572. The maximum Gasteiger partial charge on any atom is 3.00 e. The van der Waals surface area contributed by atoms with E-state index in [4.69, 9.17) is 15.0 Å². The van der Waals surface area contributed by atoms with Crippen molar-refractivity contribution in [3.8, 4) is 45.6 Å². The molecule has 0 fully saturated rings. The first-order valence-electron chi connectivity index (χ1n) is 14.5. The molecular formula is C32H15N11O6Ru+3. The SMILES string of the molecule is O=[N+]([O-])c1cc2c3nc4nc(nc5[nH]c(nc6nc(nc([nH]3)c2c([N+](=O)[O-])c1[N+](=O)[O-])-c1ccccc1-6)c1ccccc51)-c1ccccc1-4.[Ru+3]. The summed E-state index contributed by atoms with van der Waals surface area (Å²) in [4.78, 5) is 68.1. The number of nitrogens with one attached hydrogen (secondary N) is 2. The van der Waals surface area contributed by atoms with Crippen LogP contribution < -0.4 is 0 Å². The molecule has 0 aliphatic carbocycles. The zero-order valence-corrected chi connectivity index (χ0v) is 26.6. The van der Waals surface area contributed by atoms with Gasteiger partial charge >= 0.3 is 36.5 Å².